The molecule has 2 aromatic rings. The zero-order valence-corrected chi connectivity index (χ0v) is 15.3. The van der Waals surface area contributed by atoms with Crippen LogP contribution in [0.25, 0.3) is 0 Å². The summed E-state index contributed by atoms with van der Waals surface area (Å²) in [6.07, 6.45) is 0. The average molecular weight is 356 g/mol. The summed E-state index contributed by atoms with van der Waals surface area (Å²) < 4.78 is 10.7. The normalized spacial score (nSPS) is 10.1. The fourth-order valence-electron chi connectivity index (χ4n) is 2.48. The summed E-state index contributed by atoms with van der Waals surface area (Å²) >= 11 is 0. The molecule has 0 saturated heterocycles. The standard InChI is InChI=1S/C20H24N2O4/c1-15-9-10-19(25-3)18(13-15)22(16(2)23)12-11-21-20(24)14-26-17-7-5-4-6-8-17/h4-10,13H,11-12,14H2,1-3H3,(H,21,24). The number of benzene rings is 2. The molecule has 138 valence electrons. The minimum absolute atomic E-state index is 0.0716. The highest BCUT2D eigenvalue weighted by atomic mass is 16.5. The van der Waals surface area contributed by atoms with Crippen LogP contribution in [0.2, 0.25) is 0 Å². The molecule has 6 nitrogen and oxygen atoms in total. The summed E-state index contributed by atoms with van der Waals surface area (Å²) in [5.74, 6) is 0.888. The number of amides is 2. The number of carbonyl (C=O) groups excluding carboxylic acids is 2. The molecule has 1 N–H and O–H groups in total. The zero-order chi connectivity index (χ0) is 18.9. The van der Waals surface area contributed by atoms with Crippen molar-refractivity contribution >= 4 is 17.5 Å². The summed E-state index contributed by atoms with van der Waals surface area (Å²) in [6, 6.07) is 14.8. The predicted molar refractivity (Wildman–Crippen MR) is 101 cm³/mol. The Labute approximate surface area is 153 Å². The monoisotopic (exact) mass is 356 g/mol. The Bertz CT molecular complexity index is 747. The summed E-state index contributed by atoms with van der Waals surface area (Å²) in [7, 11) is 1.56. The van der Waals surface area contributed by atoms with Crippen molar-refractivity contribution in [2.75, 3.05) is 31.7 Å². The first-order chi connectivity index (χ1) is 12.5. The highest BCUT2D eigenvalue weighted by molar-refractivity contribution is 5.93. The van der Waals surface area contributed by atoms with E-state index in [-0.39, 0.29) is 18.4 Å². The Morgan fingerprint density at radius 1 is 1.12 bits per heavy atom. The molecule has 6 heteroatoms. The van der Waals surface area contributed by atoms with Gasteiger partial charge < -0.3 is 19.7 Å². The maximum atomic E-state index is 12.0. The molecule has 0 aromatic heterocycles. The second-order valence-corrected chi connectivity index (χ2v) is 5.80. The smallest absolute Gasteiger partial charge is 0.258 e. The topological polar surface area (TPSA) is 67.9 Å². The van der Waals surface area contributed by atoms with Gasteiger partial charge in [-0.3, -0.25) is 9.59 Å². The van der Waals surface area contributed by atoms with E-state index in [2.05, 4.69) is 5.32 Å². The molecular weight excluding hydrogens is 332 g/mol. The fourth-order valence-corrected chi connectivity index (χ4v) is 2.48. The number of hydrogen-bond donors (Lipinski definition) is 1. The Morgan fingerprint density at radius 2 is 1.85 bits per heavy atom. The van der Waals surface area contributed by atoms with Crippen molar-refractivity contribution in [1.29, 1.82) is 0 Å². The molecule has 26 heavy (non-hydrogen) atoms. The number of rotatable bonds is 8. The SMILES string of the molecule is COc1ccc(C)cc1N(CCNC(=O)COc1ccccc1)C(C)=O. The number of nitrogens with one attached hydrogen (secondary N) is 1. The van der Waals surface area contributed by atoms with Gasteiger partial charge in [-0.25, -0.2) is 0 Å². The number of aryl methyl sites for hydroxylation is 1. The third-order valence-corrected chi connectivity index (χ3v) is 3.78. The molecule has 2 aromatic carbocycles. The number of para-hydroxylation sites is 1. The van der Waals surface area contributed by atoms with Gasteiger partial charge in [0.05, 0.1) is 12.8 Å². The molecule has 0 bridgehead atoms. The van der Waals surface area contributed by atoms with Crippen LogP contribution in [0.3, 0.4) is 0 Å². The van der Waals surface area contributed by atoms with E-state index < -0.39 is 0 Å². The van der Waals surface area contributed by atoms with E-state index >= 15 is 0 Å². The minimum Gasteiger partial charge on any atom is -0.495 e. The van der Waals surface area contributed by atoms with Gasteiger partial charge in [0.2, 0.25) is 5.91 Å². The van der Waals surface area contributed by atoms with Crippen molar-refractivity contribution in [3.05, 3.63) is 54.1 Å². The maximum absolute atomic E-state index is 12.0. The van der Waals surface area contributed by atoms with Crippen molar-refractivity contribution in [2.24, 2.45) is 0 Å². The molecule has 2 rings (SSSR count). The summed E-state index contributed by atoms with van der Waals surface area (Å²) in [5.41, 5.74) is 1.71. The van der Waals surface area contributed by atoms with Gasteiger partial charge in [-0.05, 0) is 36.8 Å². The van der Waals surface area contributed by atoms with Crippen LogP contribution < -0.4 is 19.7 Å². The van der Waals surface area contributed by atoms with Crippen LogP contribution in [0.4, 0.5) is 5.69 Å². The average Bonchev–Trinajstić information content (AvgIpc) is 2.64. The number of ether oxygens (including phenoxy) is 2. The molecule has 0 atom stereocenters. The fraction of sp³-hybridized carbons (Fsp3) is 0.300. The predicted octanol–water partition coefficient (Wildman–Crippen LogP) is 2.55. The summed E-state index contributed by atoms with van der Waals surface area (Å²) in [6.45, 7) is 4.02. The van der Waals surface area contributed by atoms with Crippen LogP contribution in [0, 0.1) is 6.92 Å². The Morgan fingerprint density at radius 3 is 2.50 bits per heavy atom. The molecule has 0 aliphatic heterocycles. The van der Waals surface area contributed by atoms with E-state index in [1.165, 1.54) is 6.92 Å². The second kappa shape index (κ2) is 9.46. The third-order valence-electron chi connectivity index (χ3n) is 3.78. The number of nitrogens with zero attached hydrogens (tertiary/aromatic N) is 1. The number of carbonyl (C=O) groups is 2. The number of hydrogen-bond acceptors (Lipinski definition) is 4. The van der Waals surface area contributed by atoms with E-state index in [0.29, 0.717) is 30.3 Å². The lowest BCUT2D eigenvalue weighted by Gasteiger charge is -2.24. The van der Waals surface area contributed by atoms with Crippen LogP contribution in [-0.2, 0) is 9.59 Å². The number of methoxy groups -OCH3 is 1. The lowest BCUT2D eigenvalue weighted by molar-refractivity contribution is -0.123. The second-order valence-electron chi connectivity index (χ2n) is 5.80. The van der Waals surface area contributed by atoms with Crippen LogP contribution in [-0.4, -0.2) is 38.6 Å². The van der Waals surface area contributed by atoms with E-state index in [1.807, 2.05) is 43.3 Å². The molecule has 0 unspecified atom stereocenters. The van der Waals surface area contributed by atoms with Crippen LogP contribution in [0.15, 0.2) is 48.5 Å². The van der Waals surface area contributed by atoms with Crippen molar-refractivity contribution in [3.63, 3.8) is 0 Å². The van der Waals surface area contributed by atoms with Crippen LogP contribution in [0.1, 0.15) is 12.5 Å². The first kappa shape index (κ1) is 19.3. The molecule has 0 spiro atoms. The maximum Gasteiger partial charge on any atom is 0.258 e. The Balaban J connectivity index is 1.90. The van der Waals surface area contributed by atoms with E-state index in [1.54, 1.807) is 24.1 Å². The highest BCUT2D eigenvalue weighted by Gasteiger charge is 2.16. The molecule has 0 heterocycles. The van der Waals surface area contributed by atoms with Gasteiger partial charge >= 0.3 is 0 Å². The van der Waals surface area contributed by atoms with Gasteiger partial charge in [0.25, 0.3) is 5.91 Å². The highest BCUT2D eigenvalue weighted by Crippen LogP contribution is 2.29. The van der Waals surface area contributed by atoms with Crippen molar-refractivity contribution < 1.29 is 19.1 Å². The van der Waals surface area contributed by atoms with E-state index in [9.17, 15) is 9.59 Å². The van der Waals surface area contributed by atoms with Gasteiger partial charge in [0.15, 0.2) is 6.61 Å². The number of anilines is 1. The van der Waals surface area contributed by atoms with Crippen molar-refractivity contribution in [2.45, 2.75) is 13.8 Å². The molecular formula is C20H24N2O4. The van der Waals surface area contributed by atoms with Gasteiger partial charge in [-0.2, -0.15) is 0 Å². The molecule has 0 fully saturated rings. The van der Waals surface area contributed by atoms with Gasteiger partial charge in [0.1, 0.15) is 11.5 Å². The lowest BCUT2D eigenvalue weighted by atomic mass is 10.2. The summed E-state index contributed by atoms with van der Waals surface area (Å²) in [5, 5.41) is 2.76. The molecule has 0 saturated carbocycles. The first-order valence-corrected chi connectivity index (χ1v) is 8.38. The Hall–Kier alpha value is -3.02. The van der Waals surface area contributed by atoms with Crippen LogP contribution in [0.5, 0.6) is 11.5 Å². The largest absolute Gasteiger partial charge is 0.495 e. The van der Waals surface area contributed by atoms with E-state index in [4.69, 9.17) is 9.47 Å². The first-order valence-electron chi connectivity index (χ1n) is 8.38. The molecule has 0 aliphatic carbocycles. The summed E-state index contributed by atoms with van der Waals surface area (Å²) in [4.78, 5) is 25.5. The zero-order valence-electron chi connectivity index (χ0n) is 15.3. The van der Waals surface area contributed by atoms with Crippen molar-refractivity contribution in [1.82, 2.24) is 5.32 Å². The molecule has 0 radical (unpaired) electrons. The van der Waals surface area contributed by atoms with Crippen molar-refractivity contribution in [3.8, 4) is 11.5 Å². The van der Waals surface area contributed by atoms with Gasteiger partial charge in [-0.1, -0.05) is 24.3 Å². The lowest BCUT2D eigenvalue weighted by Crippen LogP contribution is -2.39. The molecule has 0 aliphatic rings. The minimum atomic E-state index is -0.242. The Kier molecular flexibility index (Phi) is 7.02. The van der Waals surface area contributed by atoms with Crippen LogP contribution >= 0.6 is 0 Å². The molecule has 2 amide bonds. The van der Waals surface area contributed by atoms with Gasteiger partial charge in [0, 0.05) is 20.0 Å². The third kappa shape index (κ3) is 5.51. The van der Waals surface area contributed by atoms with Gasteiger partial charge in [-0.15, -0.1) is 0 Å². The quantitative estimate of drug-likeness (QED) is 0.789. The van der Waals surface area contributed by atoms with E-state index in [0.717, 1.165) is 5.56 Å².